The van der Waals surface area contributed by atoms with Gasteiger partial charge in [-0.3, -0.25) is 0 Å². The molecule has 1 aliphatic rings. The standard InChI is InChI=1S/C17H18F2O.C2H6/c1-10-2-4-11(5-3-10)12-6-7-13-9-15(20)17(19)16(18)14(13)8-12;1-2/h6-11,20H,2-5H2,1H3;1-2H3. The topological polar surface area (TPSA) is 20.2 Å². The zero-order chi connectivity index (χ0) is 16.3. The number of aromatic hydroxyl groups is 1. The minimum atomic E-state index is -1.16. The summed E-state index contributed by atoms with van der Waals surface area (Å²) in [6.07, 6.45) is 4.59. The molecule has 1 N–H and O–H groups in total. The quantitative estimate of drug-likeness (QED) is 0.670. The molecule has 3 heteroatoms. The van der Waals surface area contributed by atoms with E-state index in [1.165, 1.54) is 18.9 Å². The fraction of sp³-hybridized carbons (Fsp3) is 0.474. The zero-order valence-electron chi connectivity index (χ0n) is 13.5. The molecule has 0 unspecified atom stereocenters. The van der Waals surface area contributed by atoms with Crippen LogP contribution in [0.3, 0.4) is 0 Å². The number of fused-ring (bicyclic) bond motifs is 1. The van der Waals surface area contributed by atoms with Crippen molar-refractivity contribution >= 4 is 10.8 Å². The maximum Gasteiger partial charge on any atom is 0.201 e. The van der Waals surface area contributed by atoms with E-state index in [9.17, 15) is 13.9 Å². The lowest BCUT2D eigenvalue weighted by atomic mass is 9.79. The summed E-state index contributed by atoms with van der Waals surface area (Å²) in [5.41, 5.74) is 1.08. The molecule has 1 aliphatic carbocycles. The Bertz CT molecular complexity index is 643. The first-order chi connectivity index (χ1) is 10.6. The van der Waals surface area contributed by atoms with E-state index in [2.05, 4.69) is 6.92 Å². The first-order valence-corrected chi connectivity index (χ1v) is 8.17. The molecule has 0 bridgehead atoms. The van der Waals surface area contributed by atoms with Crippen LogP contribution < -0.4 is 0 Å². The Kier molecular flexibility index (Phi) is 5.38. The Morgan fingerprint density at radius 3 is 2.23 bits per heavy atom. The van der Waals surface area contributed by atoms with Crippen LogP contribution in [-0.4, -0.2) is 5.11 Å². The van der Waals surface area contributed by atoms with E-state index >= 15 is 0 Å². The molecule has 0 atom stereocenters. The Hall–Kier alpha value is -1.64. The lowest BCUT2D eigenvalue weighted by Gasteiger charge is -2.26. The van der Waals surface area contributed by atoms with Crippen LogP contribution in [0.2, 0.25) is 0 Å². The normalized spacial score (nSPS) is 21.3. The molecule has 2 aromatic rings. The van der Waals surface area contributed by atoms with Gasteiger partial charge in [-0.2, -0.15) is 4.39 Å². The second-order valence-electron chi connectivity index (χ2n) is 5.96. The summed E-state index contributed by atoms with van der Waals surface area (Å²) < 4.78 is 27.4. The molecule has 1 fully saturated rings. The van der Waals surface area contributed by atoms with Crippen molar-refractivity contribution in [1.29, 1.82) is 0 Å². The number of halogens is 2. The smallest absolute Gasteiger partial charge is 0.201 e. The average Bonchev–Trinajstić information content (AvgIpc) is 2.55. The van der Waals surface area contributed by atoms with Gasteiger partial charge in [-0.15, -0.1) is 0 Å². The molecular formula is C19H24F2O. The van der Waals surface area contributed by atoms with E-state index in [4.69, 9.17) is 0 Å². The highest BCUT2D eigenvalue weighted by Crippen LogP contribution is 2.37. The molecule has 0 amide bonds. The fourth-order valence-electron chi connectivity index (χ4n) is 3.18. The zero-order valence-corrected chi connectivity index (χ0v) is 13.5. The Balaban J connectivity index is 0.000000847. The van der Waals surface area contributed by atoms with E-state index in [0.717, 1.165) is 24.3 Å². The van der Waals surface area contributed by atoms with Gasteiger partial charge in [0.15, 0.2) is 11.6 Å². The highest BCUT2D eigenvalue weighted by molar-refractivity contribution is 5.85. The van der Waals surface area contributed by atoms with Gasteiger partial charge in [0.25, 0.3) is 0 Å². The number of phenols is 1. The van der Waals surface area contributed by atoms with Crippen LogP contribution in [0.1, 0.15) is 57.9 Å². The summed E-state index contributed by atoms with van der Waals surface area (Å²) in [6, 6.07) is 6.76. The van der Waals surface area contributed by atoms with Crippen LogP contribution in [-0.2, 0) is 0 Å². The number of rotatable bonds is 1. The van der Waals surface area contributed by atoms with Crippen LogP contribution in [0.4, 0.5) is 8.78 Å². The summed E-state index contributed by atoms with van der Waals surface area (Å²) in [5.74, 6) is -1.54. The van der Waals surface area contributed by atoms with Crippen molar-refractivity contribution in [3.05, 3.63) is 41.5 Å². The minimum absolute atomic E-state index is 0.261. The van der Waals surface area contributed by atoms with E-state index in [0.29, 0.717) is 11.3 Å². The highest BCUT2D eigenvalue weighted by atomic mass is 19.2. The van der Waals surface area contributed by atoms with Crippen molar-refractivity contribution in [2.75, 3.05) is 0 Å². The van der Waals surface area contributed by atoms with Crippen LogP contribution in [0.5, 0.6) is 5.75 Å². The molecule has 0 radical (unpaired) electrons. The lowest BCUT2D eigenvalue weighted by Crippen LogP contribution is -2.10. The summed E-state index contributed by atoms with van der Waals surface area (Å²) >= 11 is 0. The molecular weight excluding hydrogens is 282 g/mol. The van der Waals surface area contributed by atoms with Gasteiger partial charge in [0.2, 0.25) is 5.82 Å². The van der Waals surface area contributed by atoms with Gasteiger partial charge in [0.1, 0.15) is 0 Å². The number of hydrogen-bond acceptors (Lipinski definition) is 1. The van der Waals surface area contributed by atoms with E-state index in [1.54, 1.807) is 12.1 Å². The summed E-state index contributed by atoms with van der Waals surface area (Å²) in [5, 5.41) is 10.1. The molecule has 0 saturated heterocycles. The second kappa shape index (κ2) is 7.08. The molecule has 1 saturated carbocycles. The van der Waals surface area contributed by atoms with Crippen molar-refractivity contribution in [1.82, 2.24) is 0 Å². The van der Waals surface area contributed by atoms with E-state index in [-0.39, 0.29) is 5.39 Å². The van der Waals surface area contributed by atoms with Gasteiger partial charge < -0.3 is 5.11 Å². The van der Waals surface area contributed by atoms with Crippen molar-refractivity contribution in [2.45, 2.75) is 52.4 Å². The molecule has 120 valence electrons. The predicted octanol–water partition coefficient (Wildman–Crippen LogP) is 6.14. The SMILES string of the molecule is CC.CC1CCC(c2ccc3cc(O)c(F)c(F)c3c2)CC1. The maximum absolute atomic E-state index is 13.9. The first-order valence-electron chi connectivity index (χ1n) is 8.17. The molecule has 2 aromatic carbocycles. The van der Waals surface area contributed by atoms with Gasteiger partial charge in [-0.25, -0.2) is 4.39 Å². The minimum Gasteiger partial charge on any atom is -0.505 e. The Morgan fingerprint density at radius 2 is 1.59 bits per heavy atom. The summed E-state index contributed by atoms with van der Waals surface area (Å²) in [4.78, 5) is 0. The number of hydrogen-bond donors (Lipinski definition) is 1. The first kappa shape index (κ1) is 16.7. The van der Waals surface area contributed by atoms with Crippen LogP contribution in [0.15, 0.2) is 24.3 Å². The second-order valence-corrected chi connectivity index (χ2v) is 5.96. The summed E-state index contributed by atoms with van der Waals surface area (Å²) in [7, 11) is 0. The molecule has 0 aromatic heterocycles. The number of benzene rings is 2. The van der Waals surface area contributed by atoms with Crippen molar-refractivity contribution in [2.24, 2.45) is 5.92 Å². The van der Waals surface area contributed by atoms with Gasteiger partial charge >= 0.3 is 0 Å². The monoisotopic (exact) mass is 306 g/mol. The maximum atomic E-state index is 13.9. The highest BCUT2D eigenvalue weighted by Gasteiger charge is 2.21. The third kappa shape index (κ3) is 3.23. The number of phenolic OH excluding ortho intramolecular Hbond substituents is 1. The molecule has 3 rings (SSSR count). The largest absolute Gasteiger partial charge is 0.505 e. The van der Waals surface area contributed by atoms with E-state index < -0.39 is 17.4 Å². The third-order valence-electron chi connectivity index (χ3n) is 4.51. The molecule has 22 heavy (non-hydrogen) atoms. The molecule has 1 nitrogen and oxygen atoms in total. The lowest BCUT2D eigenvalue weighted by molar-refractivity contribution is 0.348. The van der Waals surface area contributed by atoms with Crippen LogP contribution in [0, 0.1) is 17.6 Å². The van der Waals surface area contributed by atoms with Crippen molar-refractivity contribution in [3.63, 3.8) is 0 Å². The van der Waals surface area contributed by atoms with Gasteiger partial charge in [-0.05, 0) is 47.8 Å². The molecule has 0 spiro atoms. The predicted molar refractivity (Wildman–Crippen MR) is 87.2 cm³/mol. The Morgan fingerprint density at radius 1 is 0.955 bits per heavy atom. The third-order valence-corrected chi connectivity index (χ3v) is 4.51. The van der Waals surface area contributed by atoms with Crippen LogP contribution >= 0.6 is 0 Å². The molecule has 0 aliphatic heterocycles. The summed E-state index contributed by atoms with van der Waals surface area (Å²) in [6.45, 7) is 6.26. The molecule has 0 heterocycles. The Labute approximate surface area is 131 Å². The van der Waals surface area contributed by atoms with Gasteiger partial charge in [-0.1, -0.05) is 45.7 Å². The van der Waals surface area contributed by atoms with E-state index in [1.807, 2.05) is 19.9 Å². The van der Waals surface area contributed by atoms with Crippen molar-refractivity contribution in [3.8, 4) is 5.75 Å². The van der Waals surface area contributed by atoms with Gasteiger partial charge in [0.05, 0.1) is 0 Å². The fourth-order valence-corrected chi connectivity index (χ4v) is 3.18. The van der Waals surface area contributed by atoms with Gasteiger partial charge in [0, 0.05) is 5.39 Å². The van der Waals surface area contributed by atoms with Crippen LogP contribution in [0.25, 0.3) is 10.8 Å². The van der Waals surface area contributed by atoms with Crippen molar-refractivity contribution < 1.29 is 13.9 Å². The average molecular weight is 306 g/mol.